The molecule has 1 heterocycles. The van der Waals surface area contributed by atoms with E-state index in [1.54, 1.807) is 16.3 Å². The van der Waals surface area contributed by atoms with Gasteiger partial charge in [0.25, 0.3) is 0 Å². The minimum atomic E-state index is -0.619. The van der Waals surface area contributed by atoms with Crippen molar-refractivity contribution >= 4 is 33.8 Å². The van der Waals surface area contributed by atoms with Crippen LogP contribution in [-0.2, 0) is 11.4 Å². The van der Waals surface area contributed by atoms with E-state index in [2.05, 4.69) is 4.98 Å². The summed E-state index contributed by atoms with van der Waals surface area (Å²) in [6, 6.07) is 9.94. The second-order valence-electron chi connectivity index (χ2n) is 6.73. The van der Waals surface area contributed by atoms with E-state index in [9.17, 15) is 14.0 Å². The zero-order valence-corrected chi connectivity index (χ0v) is 17.5. The Balaban J connectivity index is 1.76. The van der Waals surface area contributed by atoms with Gasteiger partial charge < -0.3 is 4.74 Å². The molecule has 1 aromatic heterocycles. The summed E-state index contributed by atoms with van der Waals surface area (Å²) in [7, 11) is 0. The zero-order chi connectivity index (χ0) is 21.1. The minimum absolute atomic E-state index is 0.0267. The van der Waals surface area contributed by atoms with E-state index in [-0.39, 0.29) is 23.9 Å². The van der Waals surface area contributed by atoms with Crippen LogP contribution in [0.15, 0.2) is 41.8 Å². The molecule has 0 fully saturated rings. The molecule has 0 spiro atoms. The van der Waals surface area contributed by atoms with Gasteiger partial charge in [0.2, 0.25) is 5.91 Å². The Morgan fingerprint density at radius 1 is 1.10 bits per heavy atom. The molecule has 0 radical (unpaired) electrons. The number of Topliss-reactive ketones (excluding diaryl/α,β-unsaturated/α-hetero) is 1. The highest BCUT2D eigenvalue weighted by atomic mass is 32.1. The van der Waals surface area contributed by atoms with E-state index in [1.807, 2.05) is 32.0 Å². The number of hydrogen-bond acceptors (Lipinski definition) is 5. The maximum atomic E-state index is 13.9. The third-order valence-electron chi connectivity index (χ3n) is 4.50. The van der Waals surface area contributed by atoms with Crippen molar-refractivity contribution in [1.82, 2.24) is 4.98 Å². The largest absolute Gasteiger partial charge is 0.487 e. The number of thiazole rings is 1. The maximum absolute atomic E-state index is 13.9. The lowest BCUT2D eigenvalue weighted by molar-refractivity contribution is -0.115. The van der Waals surface area contributed by atoms with Gasteiger partial charge in [-0.2, -0.15) is 0 Å². The third-order valence-corrected chi connectivity index (χ3v) is 5.38. The number of benzene rings is 2. The highest BCUT2D eigenvalue weighted by Gasteiger charge is 2.18. The van der Waals surface area contributed by atoms with Crippen LogP contribution in [0.2, 0.25) is 0 Å². The minimum Gasteiger partial charge on any atom is -0.487 e. The van der Waals surface area contributed by atoms with Gasteiger partial charge in [-0.3, -0.25) is 14.5 Å². The van der Waals surface area contributed by atoms with Crippen molar-refractivity contribution in [2.75, 3.05) is 4.90 Å². The smallest absolute Gasteiger partial charge is 0.230 e. The zero-order valence-electron chi connectivity index (χ0n) is 16.7. The van der Waals surface area contributed by atoms with Gasteiger partial charge in [-0.05, 0) is 56.2 Å². The summed E-state index contributed by atoms with van der Waals surface area (Å²) in [6.45, 7) is 6.93. The van der Waals surface area contributed by atoms with Gasteiger partial charge in [-0.1, -0.05) is 6.07 Å². The summed E-state index contributed by atoms with van der Waals surface area (Å²) in [5.74, 6) is -0.795. The normalized spacial score (nSPS) is 10.7. The van der Waals surface area contributed by atoms with Crippen LogP contribution in [0.5, 0.6) is 5.75 Å². The molecule has 29 heavy (non-hydrogen) atoms. The predicted molar refractivity (Wildman–Crippen MR) is 112 cm³/mol. The van der Waals surface area contributed by atoms with Gasteiger partial charge in [-0.25, -0.2) is 9.37 Å². The lowest BCUT2D eigenvalue weighted by atomic mass is 10.1. The van der Waals surface area contributed by atoms with Crippen molar-refractivity contribution in [3.63, 3.8) is 0 Å². The van der Waals surface area contributed by atoms with Crippen LogP contribution in [0.4, 0.5) is 15.2 Å². The van der Waals surface area contributed by atoms with E-state index >= 15 is 0 Å². The average molecular weight is 412 g/mol. The number of hydrogen-bond donors (Lipinski definition) is 0. The van der Waals surface area contributed by atoms with E-state index < -0.39 is 5.82 Å². The molecule has 0 atom stereocenters. The number of aromatic nitrogens is 1. The van der Waals surface area contributed by atoms with E-state index in [4.69, 9.17) is 4.74 Å². The Bertz CT molecular complexity index is 1080. The molecule has 0 bridgehead atoms. The molecular weight excluding hydrogens is 391 g/mol. The monoisotopic (exact) mass is 412 g/mol. The first-order valence-corrected chi connectivity index (χ1v) is 9.90. The van der Waals surface area contributed by atoms with E-state index in [0.717, 1.165) is 16.8 Å². The molecule has 0 aliphatic carbocycles. The second kappa shape index (κ2) is 8.53. The summed E-state index contributed by atoms with van der Waals surface area (Å²) in [4.78, 5) is 29.6. The molecule has 2 aromatic carbocycles. The first-order valence-electron chi connectivity index (χ1n) is 9.02. The van der Waals surface area contributed by atoms with Crippen molar-refractivity contribution in [2.45, 2.75) is 34.3 Å². The Labute approximate surface area is 172 Å². The second-order valence-corrected chi connectivity index (χ2v) is 7.57. The van der Waals surface area contributed by atoms with Crippen molar-refractivity contribution in [1.29, 1.82) is 0 Å². The number of carbonyl (C=O) groups excluding carboxylic acids is 2. The molecule has 0 N–H and O–H groups in total. The van der Waals surface area contributed by atoms with Crippen LogP contribution >= 0.6 is 11.3 Å². The number of ether oxygens (including phenoxy) is 1. The fourth-order valence-corrected chi connectivity index (χ4v) is 3.66. The number of ketones is 1. The number of amides is 1. The van der Waals surface area contributed by atoms with Gasteiger partial charge in [0.1, 0.15) is 18.2 Å². The molecule has 1 amide bonds. The average Bonchev–Trinajstić information content (AvgIpc) is 3.11. The topological polar surface area (TPSA) is 59.5 Å². The number of carbonyl (C=O) groups is 2. The van der Waals surface area contributed by atoms with Gasteiger partial charge in [0, 0.05) is 18.4 Å². The molecule has 150 valence electrons. The summed E-state index contributed by atoms with van der Waals surface area (Å²) in [5.41, 5.74) is 3.64. The molecule has 0 unspecified atom stereocenters. The van der Waals surface area contributed by atoms with Crippen molar-refractivity contribution in [2.24, 2.45) is 0 Å². The lowest BCUT2D eigenvalue weighted by Gasteiger charge is -2.19. The fraction of sp³-hybridized carbons (Fsp3) is 0.227. The third kappa shape index (κ3) is 4.68. The number of halogens is 1. The van der Waals surface area contributed by atoms with Crippen molar-refractivity contribution in [3.05, 3.63) is 70.0 Å². The van der Waals surface area contributed by atoms with Crippen LogP contribution < -0.4 is 9.64 Å². The highest BCUT2D eigenvalue weighted by Crippen LogP contribution is 2.30. The van der Waals surface area contributed by atoms with Gasteiger partial charge in [0.05, 0.1) is 16.9 Å². The molecule has 0 aliphatic heterocycles. The molecule has 0 saturated carbocycles. The molecular formula is C22H21FN2O3S. The van der Waals surface area contributed by atoms with Crippen LogP contribution in [0.25, 0.3) is 0 Å². The van der Waals surface area contributed by atoms with Crippen LogP contribution in [-0.4, -0.2) is 16.7 Å². The summed E-state index contributed by atoms with van der Waals surface area (Å²) >= 11 is 1.33. The van der Waals surface area contributed by atoms with E-state index in [1.165, 1.54) is 37.3 Å². The highest BCUT2D eigenvalue weighted by molar-refractivity contribution is 7.14. The molecule has 3 rings (SSSR count). The van der Waals surface area contributed by atoms with Crippen molar-refractivity contribution in [3.8, 4) is 5.75 Å². The quantitative estimate of drug-likeness (QED) is 0.511. The van der Waals surface area contributed by atoms with Crippen LogP contribution in [0.3, 0.4) is 0 Å². The van der Waals surface area contributed by atoms with Crippen molar-refractivity contribution < 1.29 is 18.7 Å². The van der Waals surface area contributed by atoms with Gasteiger partial charge in [-0.15, -0.1) is 11.3 Å². The Hall–Kier alpha value is -3.06. The molecule has 5 nitrogen and oxygen atoms in total. The van der Waals surface area contributed by atoms with Crippen LogP contribution in [0, 0.1) is 19.7 Å². The maximum Gasteiger partial charge on any atom is 0.230 e. The van der Waals surface area contributed by atoms with Gasteiger partial charge in [0.15, 0.2) is 10.9 Å². The number of aryl methyl sites for hydroxylation is 2. The van der Waals surface area contributed by atoms with Crippen LogP contribution in [0.1, 0.15) is 41.0 Å². The summed E-state index contributed by atoms with van der Waals surface area (Å²) in [5, 5.41) is 2.34. The first kappa shape index (κ1) is 20.7. The molecule has 3 aromatic rings. The SMILES string of the molecule is CC(=O)c1ccc(OCc2csc(N(C(C)=O)c3ccc(C)c(C)c3)n2)cc1F. The van der Waals surface area contributed by atoms with E-state index in [0.29, 0.717) is 16.6 Å². The Kier molecular flexibility index (Phi) is 6.08. The predicted octanol–water partition coefficient (Wildman–Crippen LogP) is 5.37. The molecule has 0 saturated heterocycles. The fourth-order valence-electron chi connectivity index (χ4n) is 2.79. The molecule has 7 heteroatoms. The Morgan fingerprint density at radius 3 is 2.48 bits per heavy atom. The number of nitrogens with zero attached hydrogens (tertiary/aromatic N) is 2. The molecule has 0 aliphatic rings. The summed E-state index contributed by atoms with van der Waals surface area (Å²) in [6.07, 6.45) is 0. The number of rotatable bonds is 6. The first-order chi connectivity index (χ1) is 13.8. The van der Waals surface area contributed by atoms with Gasteiger partial charge >= 0.3 is 0 Å². The number of anilines is 2. The standard InChI is InChI=1S/C22H21FN2O3S/c1-13-5-6-18(9-14(13)2)25(16(4)27)22-24-17(12-29-22)11-28-19-7-8-20(15(3)26)21(23)10-19/h5-10,12H,11H2,1-4H3. The summed E-state index contributed by atoms with van der Waals surface area (Å²) < 4.78 is 19.5. The Morgan fingerprint density at radius 2 is 1.86 bits per heavy atom. The lowest BCUT2D eigenvalue weighted by Crippen LogP contribution is -2.22.